The first-order chi connectivity index (χ1) is 12.8. The summed E-state index contributed by atoms with van der Waals surface area (Å²) in [5.74, 6) is 0.301. The quantitative estimate of drug-likeness (QED) is 0.761. The van der Waals surface area contributed by atoms with Gasteiger partial charge in [0, 0.05) is 6.42 Å². The van der Waals surface area contributed by atoms with Gasteiger partial charge >= 0.3 is 13.3 Å². The average molecular weight is 344 g/mol. The molecule has 2 aromatic carbocycles. The molecule has 0 spiro atoms. The van der Waals surface area contributed by atoms with Crippen molar-refractivity contribution in [3.05, 3.63) is 83.2 Å². The van der Waals surface area contributed by atoms with E-state index in [0.717, 1.165) is 35.8 Å². The fourth-order valence-electron chi connectivity index (χ4n) is 3.77. The minimum absolute atomic E-state index is 0.162. The molecule has 2 aromatic rings. The van der Waals surface area contributed by atoms with Crippen LogP contribution in [0, 0.1) is 0 Å². The number of rotatable bonds is 2. The molecule has 128 valence electrons. The monoisotopic (exact) mass is 344 g/mol. The van der Waals surface area contributed by atoms with Gasteiger partial charge in [-0.3, -0.25) is 0 Å². The van der Waals surface area contributed by atoms with Gasteiger partial charge in [-0.2, -0.15) is 0 Å². The summed E-state index contributed by atoms with van der Waals surface area (Å²) in [6.45, 7) is 0. The molecule has 0 saturated carbocycles. The fourth-order valence-corrected chi connectivity index (χ4v) is 3.77. The highest BCUT2D eigenvalue weighted by Crippen LogP contribution is 2.37. The minimum atomic E-state index is -0.997. The predicted octanol–water partition coefficient (Wildman–Crippen LogP) is 4.33. The first-order valence-electron chi connectivity index (χ1n) is 8.89. The Morgan fingerprint density at radius 3 is 3.00 bits per heavy atom. The zero-order valence-electron chi connectivity index (χ0n) is 14.2. The number of benzene rings is 2. The van der Waals surface area contributed by atoms with Crippen molar-refractivity contribution >= 4 is 24.1 Å². The second-order valence-electron chi connectivity index (χ2n) is 6.71. The number of carbonyl (C=O) groups is 1. The van der Waals surface area contributed by atoms with Gasteiger partial charge in [0.15, 0.2) is 0 Å². The van der Waals surface area contributed by atoms with Gasteiger partial charge in [-0.05, 0) is 41.3 Å². The van der Waals surface area contributed by atoms with E-state index in [1.54, 1.807) is 6.07 Å². The molecule has 1 heterocycles. The van der Waals surface area contributed by atoms with Crippen LogP contribution in [0.15, 0.2) is 77.6 Å². The Labute approximate surface area is 151 Å². The molecule has 1 unspecified atom stereocenters. The molecule has 0 bridgehead atoms. The number of hydrogen-bond acceptors (Lipinski definition) is 4. The predicted molar refractivity (Wildman–Crippen MR) is 99.2 cm³/mol. The number of carbonyl (C=O) groups excluding carboxylic acids is 1. The second-order valence-corrected chi connectivity index (χ2v) is 6.71. The second kappa shape index (κ2) is 6.18. The molecule has 5 heteroatoms. The van der Waals surface area contributed by atoms with Gasteiger partial charge in [0.1, 0.15) is 11.9 Å². The van der Waals surface area contributed by atoms with Crippen molar-refractivity contribution < 1.29 is 18.8 Å². The molecule has 4 nitrogen and oxygen atoms in total. The first-order valence-corrected chi connectivity index (χ1v) is 8.89. The Kier molecular flexibility index (Phi) is 3.68. The van der Waals surface area contributed by atoms with Crippen LogP contribution in [0.4, 0.5) is 0 Å². The van der Waals surface area contributed by atoms with Gasteiger partial charge in [0.05, 0.1) is 5.56 Å². The Balaban J connectivity index is 1.34. The van der Waals surface area contributed by atoms with Crippen LogP contribution in [0.3, 0.4) is 0 Å². The van der Waals surface area contributed by atoms with E-state index in [1.165, 1.54) is 11.1 Å². The van der Waals surface area contributed by atoms with Crippen LogP contribution in [0.5, 0.6) is 0 Å². The highest BCUT2D eigenvalue weighted by atomic mass is 16.8. The Morgan fingerprint density at radius 2 is 2.04 bits per heavy atom. The van der Waals surface area contributed by atoms with Crippen LogP contribution in [0.1, 0.15) is 29.6 Å². The van der Waals surface area contributed by atoms with Gasteiger partial charge < -0.3 is 14.0 Å². The largest absolute Gasteiger partial charge is 0.790 e. The summed E-state index contributed by atoms with van der Waals surface area (Å²) in [5.41, 5.74) is 3.09. The molecule has 1 saturated heterocycles. The average Bonchev–Trinajstić information content (AvgIpc) is 3.06. The van der Waals surface area contributed by atoms with Crippen LogP contribution in [0.25, 0.3) is 10.8 Å². The highest BCUT2D eigenvalue weighted by Gasteiger charge is 2.44. The standard InChI is InChI=1S/C21H17BO4/c23-21(18-11-5-9-14-6-3-4-10-17(14)18)26-22-24-19-12-15-7-1-2-8-16(15)13-20(19)25-22/h1,3-7,9-12,20H,2,8,13H2. The molecule has 0 aromatic heterocycles. The molecule has 26 heavy (non-hydrogen) atoms. The molecule has 1 atom stereocenters. The maximum absolute atomic E-state index is 12.6. The van der Waals surface area contributed by atoms with Crippen molar-refractivity contribution in [2.75, 3.05) is 0 Å². The molecule has 1 fully saturated rings. The summed E-state index contributed by atoms with van der Waals surface area (Å²) < 4.78 is 17.1. The van der Waals surface area contributed by atoms with E-state index in [0.29, 0.717) is 5.56 Å². The Bertz CT molecular complexity index is 983. The molecule has 1 aliphatic heterocycles. The maximum atomic E-state index is 12.6. The lowest BCUT2D eigenvalue weighted by molar-refractivity contribution is 0.0637. The first kappa shape index (κ1) is 15.5. The number of hydrogen-bond donors (Lipinski definition) is 0. The Hall–Kier alpha value is -2.79. The summed E-state index contributed by atoms with van der Waals surface area (Å²) in [7, 11) is -0.997. The van der Waals surface area contributed by atoms with Gasteiger partial charge in [-0.1, -0.05) is 54.1 Å². The zero-order chi connectivity index (χ0) is 17.5. The van der Waals surface area contributed by atoms with Crippen LogP contribution in [-0.4, -0.2) is 19.4 Å². The van der Waals surface area contributed by atoms with Gasteiger partial charge in [-0.15, -0.1) is 0 Å². The zero-order valence-corrected chi connectivity index (χ0v) is 14.2. The maximum Gasteiger partial charge on any atom is 0.790 e. The van der Waals surface area contributed by atoms with Crippen LogP contribution in [-0.2, 0) is 14.0 Å². The lowest BCUT2D eigenvalue weighted by Gasteiger charge is -2.22. The Morgan fingerprint density at radius 1 is 1.15 bits per heavy atom. The van der Waals surface area contributed by atoms with E-state index in [4.69, 9.17) is 14.0 Å². The molecule has 0 radical (unpaired) electrons. The lowest BCUT2D eigenvalue weighted by atomic mass is 9.88. The van der Waals surface area contributed by atoms with Crippen LogP contribution < -0.4 is 0 Å². The number of allylic oxidation sites excluding steroid dienone is 4. The summed E-state index contributed by atoms with van der Waals surface area (Å²) in [5, 5.41) is 1.85. The topological polar surface area (TPSA) is 44.8 Å². The van der Waals surface area contributed by atoms with Gasteiger partial charge in [0.25, 0.3) is 0 Å². The summed E-state index contributed by atoms with van der Waals surface area (Å²) in [6, 6.07) is 13.3. The third kappa shape index (κ3) is 2.65. The van der Waals surface area contributed by atoms with Crippen LogP contribution in [0.2, 0.25) is 0 Å². The number of fused-ring (bicyclic) bond motifs is 2. The van der Waals surface area contributed by atoms with Crippen molar-refractivity contribution in [3.8, 4) is 0 Å². The summed E-state index contributed by atoms with van der Waals surface area (Å²) >= 11 is 0. The van der Waals surface area contributed by atoms with E-state index in [1.807, 2.05) is 42.5 Å². The smallest absolute Gasteiger partial charge is 0.502 e. The van der Waals surface area contributed by atoms with Crippen molar-refractivity contribution in [2.24, 2.45) is 0 Å². The summed E-state index contributed by atoms with van der Waals surface area (Å²) in [4.78, 5) is 12.6. The summed E-state index contributed by atoms with van der Waals surface area (Å²) in [6.07, 6.45) is 9.06. The van der Waals surface area contributed by atoms with E-state index >= 15 is 0 Å². The van der Waals surface area contributed by atoms with E-state index in [2.05, 4.69) is 12.2 Å². The van der Waals surface area contributed by atoms with Crippen molar-refractivity contribution in [1.82, 2.24) is 0 Å². The van der Waals surface area contributed by atoms with Crippen molar-refractivity contribution in [1.29, 1.82) is 0 Å². The lowest BCUT2D eigenvalue weighted by Crippen LogP contribution is -2.25. The van der Waals surface area contributed by atoms with E-state index in [9.17, 15) is 4.79 Å². The fraction of sp³-hybridized carbons (Fsp3) is 0.190. The molecule has 3 aliphatic rings. The van der Waals surface area contributed by atoms with Gasteiger partial charge in [0.2, 0.25) is 0 Å². The van der Waals surface area contributed by atoms with Crippen LogP contribution >= 0.6 is 0 Å². The third-order valence-electron chi connectivity index (χ3n) is 5.09. The molecular formula is C21H17BO4. The van der Waals surface area contributed by atoms with Gasteiger partial charge in [-0.25, -0.2) is 4.79 Å². The third-order valence-corrected chi connectivity index (χ3v) is 5.09. The highest BCUT2D eigenvalue weighted by molar-refractivity contribution is 6.41. The molecule has 2 aliphatic carbocycles. The van der Waals surface area contributed by atoms with Crippen molar-refractivity contribution in [3.63, 3.8) is 0 Å². The SMILES string of the molecule is O=C(OB1OC2=CC3=C(CCC=C3)CC2O1)c1cccc2ccccc12. The molecule has 0 amide bonds. The molecule has 0 N–H and O–H groups in total. The molecular weight excluding hydrogens is 327 g/mol. The van der Waals surface area contributed by atoms with E-state index in [-0.39, 0.29) is 6.10 Å². The van der Waals surface area contributed by atoms with E-state index < -0.39 is 13.3 Å². The normalized spacial score (nSPS) is 21.2. The molecule has 5 rings (SSSR count). The minimum Gasteiger partial charge on any atom is -0.502 e. The van der Waals surface area contributed by atoms with Crippen molar-refractivity contribution in [2.45, 2.75) is 25.4 Å².